The lowest BCUT2D eigenvalue weighted by Gasteiger charge is -2.35. The molecule has 3 fully saturated rings. The van der Waals surface area contributed by atoms with Crippen LogP contribution >= 0.6 is 0 Å². The summed E-state index contributed by atoms with van der Waals surface area (Å²) in [6.07, 6.45) is 8.84. The van der Waals surface area contributed by atoms with Crippen molar-refractivity contribution in [1.29, 1.82) is 0 Å². The van der Waals surface area contributed by atoms with Gasteiger partial charge < -0.3 is 24.1 Å². The second-order valence-corrected chi connectivity index (χ2v) is 10.7. The van der Waals surface area contributed by atoms with Crippen molar-refractivity contribution in [2.24, 2.45) is 23.9 Å². The molecule has 3 aromatic rings. The Labute approximate surface area is 218 Å². The fourth-order valence-electron chi connectivity index (χ4n) is 6.18. The minimum absolute atomic E-state index is 0.0465. The number of rotatable bonds is 7. The van der Waals surface area contributed by atoms with E-state index in [9.17, 15) is 4.79 Å². The van der Waals surface area contributed by atoms with Gasteiger partial charge in [-0.25, -0.2) is 9.98 Å². The quantitative estimate of drug-likeness (QED) is 0.479. The molecular weight excluding hydrogens is 464 g/mol. The van der Waals surface area contributed by atoms with E-state index < -0.39 is 0 Å². The van der Waals surface area contributed by atoms with Gasteiger partial charge in [-0.15, -0.1) is 0 Å². The monoisotopic (exact) mass is 500 g/mol. The Morgan fingerprint density at radius 1 is 1.27 bits per heavy atom. The molecule has 6 rings (SSSR count). The summed E-state index contributed by atoms with van der Waals surface area (Å²) in [6, 6.07) is 6.34. The van der Waals surface area contributed by atoms with Gasteiger partial charge in [0.2, 0.25) is 0 Å². The highest BCUT2D eigenvalue weighted by molar-refractivity contribution is 6.00. The van der Waals surface area contributed by atoms with E-state index in [1.54, 1.807) is 7.11 Å². The molecule has 37 heavy (non-hydrogen) atoms. The summed E-state index contributed by atoms with van der Waals surface area (Å²) in [6.45, 7) is 9.38. The van der Waals surface area contributed by atoms with Crippen LogP contribution in [-0.2, 0) is 13.6 Å². The number of aryl methyl sites for hydroxylation is 1. The zero-order valence-electron chi connectivity index (χ0n) is 22.0. The molecule has 4 heterocycles. The molecule has 1 saturated carbocycles. The lowest BCUT2D eigenvalue weighted by molar-refractivity contribution is 0.0669. The average Bonchev–Trinajstić information content (AvgIpc) is 3.34. The van der Waals surface area contributed by atoms with E-state index in [2.05, 4.69) is 38.3 Å². The minimum atomic E-state index is 0.0465. The van der Waals surface area contributed by atoms with Crippen LogP contribution < -0.4 is 10.1 Å². The van der Waals surface area contributed by atoms with Crippen LogP contribution in [0.25, 0.3) is 28.6 Å². The van der Waals surface area contributed by atoms with Gasteiger partial charge >= 0.3 is 0 Å². The molecule has 0 radical (unpaired) electrons. The first kappa shape index (κ1) is 24.0. The van der Waals surface area contributed by atoms with Gasteiger partial charge in [0.15, 0.2) is 5.82 Å². The second-order valence-electron chi connectivity index (χ2n) is 10.7. The summed E-state index contributed by atoms with van der Waals surface area (Å²) in [4.78, 5) is 25.0. The molecule has 8 nitrogen and oxygen atoms in total. The molecule has 2 atom stereocenters. The SMILES string of the molecule is C=Nc1c(/C=C\C)cc(-c2nc3cc(C(=O)N4CC[C@H]5CCN[C@H]5C4)cc(OC)c3n2C)n1CC1CC1. The number of carbonyl (C=O) groups excluding carboxylic acids is 1. The Morgan fingerprint density at radius 3 is 2.84 bits per heavy atom. The molecule has 2 aromatic heterocycles. The van der Waals surface area contributed by atoms with Gasteiger partial charge in [-0.1, -0.05) is 12.2 Å². The number of piperidine rings is 1. The third-order valence-electron chi connectivity index (χ3n) is 8.33. The van der Waals surface area contributed by atoms with Crippen molar-refractivity contribution in [3.8, 4) is 17.3 Å². The number of nitrogens with one attached hydrogen (secondary N) is 1. The number of imidazole rings is 1. The Morgan fingerprint density at radius 2 is 2.11 bits per heavy atom. The van der Waals surface area contributed by atoms with Crippen LogP contribution in [0.1, 0.15) is 48.5 Å². The smallest absolute Gasteiger partial charge is 0.254 e. The van der Waals surface area contributed by atoms with E-state index in [0.29, 0.717) is 29.2 Å². The van der Waals surface area contributed by atoms with Crippen molar-refractivity contribution >= 4 is 35.6 Å². The number of methoxy groups -OCH3 is 1. The zero-order chi connectivity index (χ0) is 25.7. The molecule has 0 bridgehead atoms. The van der Waals surface area contributed by atoms with Crippen LogP contribution in [0.4, 0.5) is 5.82 Å². The van der Waals surface area contributed by atoms with E-state index in [4.69, 9.17) is 9.72 Å². The van der Waals surface area contributed by atoms with E-state index in [1.807, 2.05) is 37.1 Å². The lowest BCUT2D eigenvalue weighted by Crippen LogP contribution is -2.48. The van der Waals surface area contributed by atoms with Gasteiger partial charge in [0, 0.05) is 43.9 Å². The average molecular weight is 501 g/mol. The summed E-state index contributed by atoms with van der Waals surface area (Å²) in [5, 5.41) is 3.57. The van der Waals surface area contributed by atoms with E-state index in [1.165, 1.54) is 19.3 Å². The molecule has 1 amide bonds. The highest BCUT2D eigenvalue weighted by atomic mass is 16.5. The Kier molecular flexibility index (Phi) is 6.15. The van der Waals surface area contributed by atoms with Crippen LogP contribution in [0.15, 0.2) is 29.3 Å². The van der Waals surface area contributed by atoms with Crippen LogP contribution in [0.2, 0.25) is 0 Å². The van der Waals surface area contributed by atoms with Gasteiger partial charge in [0.05, 0.1) is 18.3 Å². The number of aliphatic imine (C=N–C) groups is 1. The molecule has 0 spiro atoms. The van der Waals surface area contributed by atoms with Crippen molar-refractivity contribution in [2.45, 2.75) is 45.2 Å². The first-order valence-corrected chi connectivity index (χ1v) is 13.4. The van der Waals surface area contributed by atoms with E-state index >= 15 is 0 Å². The summed E-state index contributed by atoms with van der Waals surface area (Å²) in [7, 11) is 3.67. The first-order chi connectivity index (χ1) is 18.0. The molecule has 8 heteroatoms. The predicted octanol–water partition coefficient (Wildman–Crippen LogP) is 4.65. The van der Waals surface area contributed by atoms with Gasteiger partial charge in [-0.05, 0) is 75.9 Å². The predicted molar refractivity (Wildman–Crippen MR) is 148 cm³/mol. The molecule has 1 aliphatic carbocycles. The van der Waals surface area contributed by atoms with Crippen LogP contribution in [0.5, 0.6) is 5.75 Å². The molecule has 1 N–H and O–H groups in total. The number of hydrogen-bond acceptors (Lipinski definition) is 5. The number of nitrogens with zero attached hydrogens (tertiary/aromatic N) is 5. The number of benzene rings is 1. The maximum absolute atomic E-state index is 13.6. The Bertz CT molecular complexity index is 1400. The first-order valence-electron chi connectivity index (χ1n) is 13.4. The summed E-state index contributed by atoms with van der Waals surface area (Å²) in [5.74, 6) is 3.76. The van der Waals surface area contributed by atoms with Crippen LogP contribution in [0.3, 0.4) is 0 Å². The summed E-state index contributed by atoms with van der Waals surface area (Å²) < 4.78 is 10.1. The molecule has 3 aliphatic rings. The van der Waals surface area contributed by atoms with Crippen molar-refractivity contribution in [1.82, 2.24) is 24.3 Å². The maximum atomic E-state index is 13.6. The van der Waals surface area contributed by atoms with Gasteiger partial charge in [-0.3, -0.25) is 4.79 Å². The molecule has 194 valence electrons. The van der Waals surface area contributed by atoms with Gasteiger partial charge in [0.25, 0.3) is 5.91 Å². The minimum Gasteiger partial charge on any atom is -0.494 e. The molecule has 0 unspecified atom stereocenters. The zero-order valence-corrected chi connectivity index (χ0v) is 22.0. The van der Waals surface area contributed by atoms with Crippen molar-refractivity contribution in [2.75, 3.05) is 26.7 Å². The second kappa shape index (κ2) is 9.49. The third kappa shape index (κ3) is 4.17. The molecule has 2 saturated heterocycles. The van der Waals surface area contributed by atoms with Crippen LogP contribution in [-0.4, -0.2) is 64.4 Å². The molecular formula is C29H36N6O2. The summed E-state index contributed by atoms with van der Waals surface area (Å²) in [5.41, 5.74) is 4.30. The van der Waals surface area contributed by atoms with Crippen molar-refractivity contribution < 1.29 is 9.53 Å². The number of hydrogen-bond donors (Lipinski definition) is 1. The number of aromatic nitrogens is 3. The summed E-state index contributed by atoms with van der Waals surface area (Å²) >= 11 is 0. The molecule has 2 aliphatic heterocycles. The Hall–Kier alpha value is -3.39. The largest absolute Gasteiger partial charge is 0.494 e. The fourth-order valence-corrected chi connectivity index (χ4v) is 6.18. The number of carbonyl (C=O) groups is 1. The van der Waals surface area contributed by atoms with Crippen LogP contribution in [0, 0.1) is 11.8 Å². The highest BCUT2D eigenvalue weighted by Gasteiger charge is 2.35. The van der Waals surface area contributed by atoms with Crippen molar-refractivity contribution in [3.63, 3.8) is 0 Å². The molecule has 1 aromatic carbocycles. The lowest BCUT2D eigenvalue weighted by atomic mass is 9.92. The number of allylic oxidation sites excluding steroid dienone is 1. The Balaban J connectivity index is 1.42. The van der Waals surface area contributed by atoms with E-state index in [0.717, 1.165) is 66.5 Å². The third-order valence-corrected chi connectivity index (χ3v) is 8.33. The van der Waals surface area contributed by atoms with E-state index in [-0.39, 0.29) is 5.91 Å². The highest BCUT2D eigenvalue weighted by Crippen LogP contribution is 2.40. The number of ether oxygens (including phenoxy) is 1. The number of likely N-dealkylation sites (tertiary alicyclic amines) is 1. The normalized spacial score (nSPS) is 21.6. The standard InChI is InChI=1S/C29H36N6O2/c1-5-6-20-14-24(35(27(20)30-2)16-18-7-8-18)28-32-22-13-21(15-25(37-4)26(22)33(28)3)29(36)34-12-10-19-9-11-31-23(19)17-34/h5-6,13-15,18-19,23,31H,2,7-12,16-17H2,1,3-4H3/b6-5-/t19-,23+/m1/s1. The maximum Gasteiger partial charge on any atom is 0.254 e. The number of fused-ring (bicyclic) bond motifs is 2. The fraction of sp³-hybridized carbons (Fsp3) is 0.483. The number of amides is 1. The van der Waals surface area contributed by atoms with Crippen molar-refractivity contribution in [3.05, 3.63) is 35.4 Å². The van der Waals surface area contributed by atoms with Gasteiger partial charge in [-0.2, -0.15) is 0 Å². The van der Waals surface area contributed by atoms with Gasteiger partial charge in [0.1, 0.15) is 17.1 Å². The topological polar surface area (TPSA) is 76.7 Å².